The minimum Gasteiger partial charge on any atom is -0.493 e. The Bertz CT molecular complexity index is 569. The van der Waals surface area contributed by atoms with E-state index in [4.69, 9.17) is 4.74 Å². The number of nitrogens with zero attached hydrogens (tertiary/aromatic N) is 2. The van der Waals surface area contributed by atoms with E-state index in [0.29, 0.717) is 12.2 Å². The van der Waals surface area contributed by atoms with Crippen molar-refractivity contribution in [3.63, 3.8) is 0 Å². The van der Waals surface area contributed by atoms with Gasteiger partial charge in [0.05, 0.1) is 13.3 Å². The zero-order valence-electron chi connectivity index (χ0n) is 11.7. The molecule has 0 aliphatic carbocycles. The molecular weight excluding hydrogens is 320 g/mol. The van der Waals surface area contributed by atoms with E-state index in [1.807, 2.05) is 28.9 Å². The van der Waals surface area contributed by atoms with Gasteiger partial charge in [-0.3, -0.25) is 4.68 Å². The fourth-order valence-corrected chi connectivity index (χ4v) is 2.68. The van der Waals surface area contributed by atoms with Crippen LogP contribution in [0.4, 0.5) is 0 Å². The SMILES string of the molecule is CCCn1ncc(OC)c1C(O)Cc1ccccc1Br. The average Bonchev–Trinajstić information content (AvgIpc) is 2.85. The Morgan fingerprint density at radius 1 is 1.40 bits per heavy atom. The lowest BCUT2D eigenvalue weighted by Crippen LogP contribution is -2.12. The van der Waals surface area contributed by atoms with E-state index in [-0.39, 0.29) is 0 Å². The van der Waals surface area contributed by atoms with E-state index in [1.165, 1.54) is 0 Å². The van der Waals surface area contributed by atoms with Gasteiger partial charge in [-0.15, -0.1) is 0 Å². The second-order valence-corrected chi connectivity index (χ2v) is 5.49. The van der Waals surface area contributed by atoms with Crippen LogP contribution >= 0.6 is 15.9 Å². The first kappa shape index (κ1) is 15.1. The van der Waals surface area contributed by atoms with Gasteiger partial charge in [-0.25, -0.2) is 0 Å². The van der Waals surface area contributed by atoms with E-state index >= 15 is 0 Å². The molecule has 0 aliphatic heterocycles. The number of aromatic nitrogens is 2. The largest absolute Gasteiger partial charge is 0.493 e. The summed E-state index contributed by atoms with van der Waals surface area (Å²) in [5.74, 6) is 0.637. The van der Waals surface area contributed by atoms with Gasteiger partial charge in [0.15, 0.2) is 5.75 Å². The molecule has 108 valence electrons. The van der Waals surface area contributed by atoms with Gasteiger partial charge in [-0.05, 0) is 18.1 Å². The van der Waals surface area contributed by atoms with Gasteiger partial charge in [0.25, 0.3) is 0 Å². The molecular formula is C15H19BrN2O2. The van der Waals surface area contributed by atoms with E-state index in [1.54, 1.807) is 13.3 Å². The summed E-state index contributed by atoms with van der Waals surface area (Å²) in [5.41, 5.74) is 1.80. The number of aliphatic hydroxyl groups excluding tert-OH is 1. The molecule has 0 aliphatic rings. The summed E-state index contributed by atoms with van der Waals surface area (Å²) in [4.78, 5) is 0. The summed E-state index contributed by atoms with van der Waals surface area (Å²) in [6, 6.07) is 7.90. The van der Waals surface area contributed by atoms with Crippen LogP contribution in [0.5, 0.6) is 5.75 Å². The lowest BCUT2D eigenvalue weighted by atomic mass is 10.1. The highest BCUT2D eigenvalue weighted by molar-refractivity contribution is 9.10. The van der Waals surface area contributed by atoms with Crippen LogP contribution in [0.1, 0.15) is 30.7 Å². The molecule has 2 aromatic rings. The maximum Gasteiger partial charge on any atom is 0.162 e. The summed E-state index contributed by atoms with van der Waals surface area (Å²) >= 11 is 3.51. The van der Waals surface area contributed by atoms with Crippen molar-refractivity contribution in [1.29, 1.82) is 0 Å². The zero-order valence-corrected chi connectivity index (χ0v) is 13.3. The second-order valence-electron chi connectivity index (χ2n) is 4.63. The number of benzene rings is 1. The van der Waals surface area contributed by atoms with E-state index in [0.717, 1.165) is 28.7 Å². The fourth-order valence-electron chi connectivity index (χ4n) is 2.23. The molecule has 0 saturated carbocycles. The van der Waals surface area contributed by atoms with Gasteiger partial charge >= 0.3 is 0 Å². The average molecular weight is 339 g/mol. The number of rotatable bonds is 6. The van der Waals surface area contributed by atoms with Crippen molar-refractivity contribution in [1.82, 2.24) is 9.78 Å². The third-order valence-electron chi connectivity index (χ3n) is 3.19. The first-order valence-corrected chi connectivity index (χ1v) is 7.47. The van der Waals surface area contributed by atoms with Crippen LogP contribution in [0.2, 0.25) is 0 Å². The van der Waals surface area contributed by atoms with Crippen molar-refractivity contribution in [3.05, 3.63) is 46.2 Å². The molecule has 0 radical (unpaired) electrons. The molecule has 1 unspecified atom stereocenters. The van der Waals surface area contributed by atoms with Crippen LogP contribution in [0.25, 0.3) is 0 Å². The fraction of sp³-hybridized carbons (Fsp3) is 0.400. The van der Waals surface area contributed by atoms with E-state index in [2.05, 4.69) is 28.0 Å². The van der Waals surface area contributed by atoms with E-state index in [9.17, 15) is 5.11 Å². The molecule has 0 fully saturated rings. The Morgan fingerprint density at radius 3 is 2.80 bits per heavy atom. The molecule has 1 N–H and O–H groups in total. The van der Waals surface area contributed by atoms with Crippen molar-refractivity contribution in [3.8, 4) is 5.75 Å². The Labute approximate surface area is 127 Å². The number of halogens is 1. The number of aryl methyl sites for hydroxylation is 1. The Kier molecular flexibility index (Phi) is 5.20. The van der Waals surface area contributed by atoms with Crippen LogP contribution in [-0.2, 0) is 13.0 Å². The first-order chi connectivity index (χ1) is 9.67. The quantitative estimate of drug-likeness (QED) is 0.878. The summed E-state index contributed by atoms with van der Waals surface area (Å²) in [6.45, 7) is 2.85. The standard InChI is InChI=1S/C15H19BrN2O2/c1-3-8-18-15(14(20-2)10-17-18)13(19)9-11-6-4-5-7-12(11)16/h4-7,10,13,19H,3,8-9H2,1-2H3. The third kappa shape index (κ3) is 3.22. The molecule has 0 amide bonds. The van der Waals surface area contributed by atoms with Gasteiger partial charge in [0.2, 0.25) is 0 Å². The van der Waals surface area contributed by atoms with Crippen molar-refractivity contribution in [2.45, 2.75) is 32.4 Å². The highest BCUT2D eigenvalue weighted by Gasteiger charge is 2.20. The number of hydrogen-bond donors (Lipinski definition) is 1. The van der Waals surface area contributed by atoms with Gasteiger partial charge < -0.3 is 9.84 Å². The van der Waals surface area contributed by atoms with Crippen molar-refractivity contribution >= 4 is 15.9 Å². The molecule has 4 nitrogen and oxygen atoms in total. The monoisotopic (exact) mass is 338 g/mol. The van der Waals surface area contributed by atoms with Crippen LogP contribution < -0.4 is 4.74 Å². The molecule has 1 aromatic carbocycles. The highest BCUT2D eigenvalue weighted by Crippen LogP contribution is 2.29. The summed E-state index contributed by atoms with van der Waals surface area (Å²) < 4.78 is 8.13. The van der Waals surface area contributed by atoms with Crippen LogP contribution in [-0.4, -0.2) is 22.0 Å². The number of ether oxygens (including phenoxy) is 1. The minimum atomic E-state index is -0.641. The molecule has 20 heavy (non-hydrogen) atoms. The minimum absolute atomic E-state index is 0.521. The molecule has 1 heterocycles. The number of methoxy groups -OCH3 is 1. The molecule has 0 saturated heterocycles. The van der Waals surface area contributed by atoms with Crippen LogP contribution in [0.3, 0.4) is 0 Å². The van der Waals surface area contributed by atoms with Crippen molar-refractivity contribution in [2.75, 3.05) is 7.11 Å². The Morgan fingerprint density at radius 2 is 2.15 bits per heavy atom. The summed E-state index contributed by atoms with van der Waals surface area (Å²) in [7, 11) is 1.60. The van der Waals surface area contributed by atoms with Gasteiger partial charge in [0.1, 0.15) is 11.8 Å². The highest BCUT2D eigenvalue weighted by atomic mass is 79.9. The predicted molar refractivity (Wildman–Crippen MR) is 81.9 cm³/mol. The van der Waals surface area contributed by atoms with Crippen LogP contribution in [0.15, 0.2) is 34.9 Å². The molecule has 0 spiro atoms. The van der Waals surface area contributed by atoms with Gasteiger partial charge in [0, 0.05) is 17.4 Å². The smallest absolute Gasteiger partial charge is 0.162 e. The zero-order chi connectivity index (χ0) is 14.5. The number of aliphatic hydroxyl groups is 1. The first-order valence-electron chi connectivity index (χ1n) is 6.68. The molecule has 2 rings (SSSR count). The van der Waals surface area contributed by atoms with Gasteiger partial charge in [-0.1, -0.05) is 41.1 Å². The second kappa shape index (κ2) is 6.90. The summed E-state index contributed by atoms with van der Waals surface area (Å²) in [6.07, 6.45) is 2.50. The van der Waals surface area contributed by atoms with Crippen molar-refractivity contribution < 1.29 is 9.84 Å². The molecule has 1 atom stereocenters. The predicted octanol–water partition coefficient (Wildman–Crippen LogP) is 3.34. The van der Waals surface area contributed by atoms with Crippen molar-refractivity contribution in [2.24, 2.45) is 0 Å². The Hall–Kier alpha value is -1.33. The number of hydrogen-bond acceptors (Lipinski definition) is 3. The maximum atomic E-state index is 10.5. The third-order valence-corrected chi connectivity index (χ3v) is 3.96. The normalized spacial score (nSPS) is 12.4. The van der Waals surface area contributed by atoms with Gasteiger partial charge in [-0.2, -0.15) is 5.10 Å². The molecule has 1 aromatic heterocycles. The van der Waals surface area contributed by atoms with Crippen LogP contribution in [0, 0.1) is 0 Å². The topological polar surface area (TPSA) is 47.3 Å². The lowest BCUT2D eigenvalue weighted by Gasteiger charge is -2.15. The van der Waals surface area contributed by atoms with E-state index < -0.39 is 6.10 Å². The lowest BCUT2D eigenvalue weighted by molar-refractivity contribution is 0.162. The maximum absolute atomic E-state index is 10.5. The molecule has 5 heteroatoms. The summed E-state index contributed by atoms with van der Waals surface area (Å²) in [5, 5.41) is 14.8. The Balaban J connectivity index is 2.26. The molecule has 0 bridgehead atoms.